The first-order valence-corrected chi connectivity index (χ1v) is 8.74. The maximum atomic E-state index is 11.6. The molecule has 1 aliphatic heterocycles. The number of rotatable bonds is 5. The molecule has 20 heavy (non-hydrogen) atoms. The summed E-state index contributed by atoms with van der Waals surface area (Å²) in [6.45, 7) is 1.26. The Labute approximate surface area is 120 Å². The quantitative estimate of drug-likeness (QED) is 0.870. The molecule has 2 unspecified atom stereocenters. The topological polar surface area (TPSA) is 75.2 Å². The van der Waals surface area contributed by atoms with Crippen LogP contribution in [-0.4, -0.2) is 49.1 Å². The van der Waals surface area contributed by atoms with E-state index in [0.29, 0.717) is 19.0 Å². The normalized spacial score (nSPS) is 22.6. The molecule has 7 heteroatoms. The van der Waals surface area contributed by atoms with Gasteiger partial charge in [-0.3, -0.25) is 0 Å². The SMILES string of the molecule is CNC(CC1CCCN(S(C)(=O)=O)C1)c1ccncn1. The van der Waals surface area contributed by atoms with Crippen LogP contribution in [-0.2, 0) is 10.0 Å². The van der Waals surface area contributed by atoms with Crippen molar-refractivity contribution >= 4 is 10.0 Å². The van der Waals surface area contributed by atoms with Gasteiger partial charge in [0.2, 0.25) is 10.0 Å². The number of nitrogens with one attached hydrogen (secondary N) is 1. The summed E-state index contributed by atoms with van der Waals surface area (Å²) >= 11 is 0. The summed E-state index contributed by atoms with van der Waals surface area (Å²) < 4.78 is 24.9. The fourth-order valence-electron chi connectivity index (χ4n) is 2.75. The van der Waals surface area contributed by atoms with E-state index < -0.39 is 10.0 Å². The van der Waals surface area contributed by atoms with Crippen LogP contribution in [0.25, 0.3) is 0 Å². The van der Waals surface area contributed by atoms with Crippen LogP contribution in [0.15, 0.2) is 18.6 Å². The lowest BCUT2D eigenvalue weighted by molar-refractivity contribution is 0.239. The summed E-state index contributed by atoms with van der Waals surface area (Å²) in [7, 11) is -1.17. The third-order valence-corrected chi connectivity index (χ3v) is 5.10. The van der Waals surface area contributed by atoms with E-state index in [0.717, 1.165) is 25.0 Å². The zero-order chi connectivity index (χ0) is 14.6. The van der Waals surface area contributed by atoms with Crippen molar-refractivity contribution in [3.05, 3.63) is 24.3 Å². The molecule has 0 amide bonds. The molecule has 0 radical (unpaired) electrons. The Morgan fingerprint density at radius 1 is 1.55 bits per heavy atom. The molecule has 0 aliphatic carbocycles. The molecule has 6 nitrogen and oxygen atoms in total. The van der Waals surface area contributed by atoms with Gasteiger partial charge in [0.05, 0.1) is 11.9 Å². The van der Waals surface area contributed by atoms with Crippen LogP contribution in [0.5, 0.6) is 0 Å². The molecule has 1 fully saturated rings. The smallest absolute Gasteiger partial charge is 0.211 e. The van der Waals surface area contributed by atoms with Gasteiger partial charge in [-0.05, 0) is 38.3 Å². The average Bonchev–Trinajstić information content (AvgIpc) is 2.45. The maximum absolute atomic E-state index is 11.6. The van der Waals surface area contributed by atoms with Crippen molar-refractivity contribution < 1.29 is 8.42 Å². The van der Waals surface area contributed by atoms with E-state index in [9.17, 15) is 8.42 Å². The zero-order valence-electron chi connectivity index (χ0n) is 12.0. The van der Waals surface area contributed by atoms with E-state index in [-0.39, 0.29) is 6.04 Å². The van der Waals surface area contributed by atoms with Crippen LogP contribution in [0.4, 0.5) is 0 Å². The molecule has 2 rings (SSSR count). The third-order valence-electron chi connectivity index (χ3n) is 3.83. The Bertz CT molecular complexity index is 520. The highest BCUT2D eigenvalue weighted by molar-refractivity contribution is 7.88. The largest absolute Gasteiger partial charge is 0.312 e. The minimum atomic E-state index is -3.08. The van der Waals surface area contributed by atoms with E-state index in [4.69, 9.17) is 0 Å². The van der Waals surface area contributed by atoms with Crippen molar-refractivity contribution in [1.82, 2.24) is 19.6 Å². The van der Waals surface area contributed by atoms with Gasteiger partial charge in [0.1, 0.15) is 6.33 Å². The van der Waals surface area contributed by atoms with Crippen LogP contribution in [0.2, 0.25) is 0 Å². The molecule has 2 atom stereocenters. The highest BCUT2D eigenvalue weighted by Gasteiger charge is 2.28. The fraction of sp³-hybridized carbons (Fsp3) is 0.692. The maximum Gasteiger partial charge on any atom is 0.211 e. The first-order valence-electron chi connectivity index (χ1n) is 6.89. The second-order valence-corrected chi connectivity index (χ2v) is 7.32. The third kappa shape index (κ3) is 3.97. The molecule has 1 aliphatic rings. The first-order chi connectivity index (χ1) is 9.50. The molecule has 0 spiro atoms. The van der Waals surface area contributed by atoms with E-state index >= 15 is 0 Å². The van der Waals surface area contributed by atoms with E-state index in [1.54, 1.807) is 16.8 Å². The number of piperidine rings is 1. The van der Waals surface area contributed by atoms with Gasteiger partial charge < -0.3 is 5.32 Å². The van der Waals surface area contributed by atoms with Gasteiger partial charge in [-0.1, -0.05) is 0 Å². The average molecular weight is 298 g/mol. The van der Waals surface area contributed by atoms with Crippen molar-refractivity contribution in [3.63, 3.8) is 0 Å². The predicted octanol–water partition coefficient (Wildman–Crippen LogP) is 0.799. The molecule has 0 aromatic carbocycles. The highest BCUT2D eigenvalue weighted by Crippen LogP contribution is 2.27. The fourth-order valence-corrected chi connectivity index (χ4v) is 3.69. The standard InChI is InChI=1S/C13H22N4O2S/c1-14-13(12-5-6-15-10-16-12)8-11-4-3-7-17(9-11)20(2,18)19/h5-6,10-11,13-14H,3-4,7-9H2,1-2H3. The Balaban J connectivity index is 2.01. The summed E-state index contributed by atoms with van der Waals surface area (Å²) in [5.74, 6) is 0.367. The van der Waals surface area contributed by atoms with Crippen LogP contribution in [0.1, 0.15) is 31.0 Å². The minimum Gasteiger partial charge on any atom is -0.312 e. The molecule has 0 bridgehead atoms. The summed E-state index contributed by atoms with van der Waals surface area (Å²) in [5, 5.41) is 3.26. The van der Waals surface area contributed by atoms with Crippen LogP contribution < -0.4 is 5.32 Å². The van der Waals surface area contributed by atoms with Crippen molar-refractivity contribution in [2.75, 3.05) is 26.4 Å². The molecule has 1 saturated heterocycles. The minimum absolute atomic E-state index is 0.141. The number of aromatic nitrogens is 2. The van der Waals surface area contributed by atoms with Crippen molar-refractivity contribution in [2.24, 2.45) is 5.92 Å². The second kappa shape index (κ2) is 6.60. The van der Waals surface area contributed by atoms with Gasteiger partial charge >= 0.3 is 0 Å². The second-order valence-electron chi connectivity index (χ2n) is 5.34. The Kier molecular flexibility index (Phi) is 5.06. The number of hydrogen-bond acceptors (Lipinski definition) is 5. The van der Waals surface area contributed by atoms with Crippen LogP contribution >= 0.6 is 0 Å². The molecule has 112 valence electrons. The van der Waals surface area contributed by atoms with Gasteiger partial charge in [0.25, 0.3) is 0 Å². The van der Waals surface area contributed by atoms with Crippen LogP contribution in [0.3, 0.4) is 0 Å². The Morgan fingerprint density at radius 3 is 2.95 bits per heavy atom. The number of sulfonamides is 1. The highest BCUT2D eigenvalue weighted by atomic mass is 32.2. The van der Waals surface area contributed by atoms with Gasteiger partial charge in [0.15, 0.2) is 0 Å². The van der Waals surface area contributed by atoms with Gasteiger partial charge in [-0.2, -0.15) is 0 Å². The van der Waals surface area contributed by atoms with E-state index in [1.165, 1.54) is 6.26 Å². The van der Waals surface area contributed by atoms with E-state index in [1.807, 2.05) is 13.1 Å². The van der Waals surface area contributed by atoms with Gasteiger partial charge in [0, 0.05) is 25.3 Å². The zero-order valence-corrected chi connectivity index (χ0v) is 12.8. The number of nitrogens with zero attached hydrogens (tertiary/aromatic N) is 3. The lowest BCUT2D eigenvalue weighted by Gasteiger charge is -2.32. The molecular weight excluding hydrogens is 276 g/mol. The number of hydrogen-bond donors (Lipinski definition) is 1. The molecule has 1 aromatic rings. The molecule has 1 N–H and O–H groups in total. The summed E-state index contributed by atoms with van der Waals surface area (Å²) in [6.07, 6.45) is 7.45. The molecule has 0 saturated carbocycles. The van der Waals surface area contributed by atoms with Crippen molar-refractivity contribution in [1.29, 1.82) is 0 Å². The lowest BCUT2D eigenvalue weighted by atomic mass is 9.91. The molecule has 1 aromatic heterocycles. The van der Waals surface area contributed by atoms with Crippen molar-refractivity contribution in [2.45, 2.75) is 25.3 Å². The lowest BCUT2D eigenvalue weighted by Crippen LogP contribution is -2.40. The Hall–Kier alpha value is -1.05. The van der Waals surface area contributed by atoms with Crippen molar-refractivity contribution in [3.8, 4) is 0 Å². The first kappa shape index (κ1) is 15.3. The van der Waals surface area contributed by atoms with Gasteiger partial charge in [-0.15, -0.1) is 0 Å². The predicted molar refractivity (Wildman–Crippen MR) is 77.6 cm³/mol. The monoisotopic (exact) mass is 298 g/mol. The van der Waals surface area contributed by atoms with E-state index in [2.05, 4.69) is 15.3 Å². The van der Waals surface area contributed by atoms with Gasteiger partial charge in [-0.25, -0.2) is 22.7 Å². The summed E-state index contributed by atoms with van der Waals surface area (Å²) in [6, 6.07) is 2.04. The molecular formula is C13H22N4O2S. The van der Waals surface area contributed by atoms with Crippen LogP contribution in [0, 0.1) is 5.92 Å². The summed E-state index contributed by atoms with van der Waals surface area (Å²) in [4.78, 5) is 8.20. The Morgan fingerprint density at radius 2 is 2.35 bits per heavy atom. The molecule has 2 heterocycles. The summed E-state index contributed by atoms with van der Waals surface area (Å²) in [5.41, 5.74) is 0.957.